The summed E-state index contributed by atoms with van der Waals surface area (Å²) in [6.07, 6.45) is 4.59. The molecule has 4 rings (SSSR count). The predicted molar refractivity (Wildman–Crippen MR) is 140 cm³/mol. The molecule has 3 aromatic rings. The molecule has 0 saturated heterocycles. The Hall–Kier alpha value is -4.04. The third kappa shape index (κ3) is 6.26. The monoisotopic (exact) mass is 521 g/mol. The number of hydrogen-bond donors (Lipinski definition) is 4. The number of carbonyl (C=O) groups is 2. The average molecular weight is 522 g/mol. The van der Waals surface area contributed by atoms with Gasteiger partial charge in [-0.1, -0.05) is 0 Å². The maximum Gasteiger partial charge on any atom is 0.255 e. The van der Waals surface area contributed by atoms with Gasteiger partial charge in [0.05, 0.1) is 52.1 Å². The Morgan fingerprint density at radius 2 is 2.03 bits per heavy atom. The summed E-state index contributed by atoms with van der Waals surface area (Å²) < 4.78 is 16.0. The molecule has 4 N–H and O–H groups in total. The van der Waals surface area contributed by atoms with Crippen molar-refractivity contribution in [2.24, 2.45) is 0 Å². The predicted octanol–water partition coefficient (Wildman–Crippen LogP) is 2.97. The molecule has 11 heteroatoms. The molecular formula is C27H32FN7O3. The van der Waals surface area contributed by atoms with Crippen LogP contribution in [0.15, 0.2) is 36.7 Å². The van der Waals surface area contributed by atoms with Gasteiger partial charge in [0, 0.05) is 25.2 Å². The summed E-state index contributed by atoms with van der Waals surface area (Å²) in [5.41, 5.74) is 1.55. The van der Waals surface area contributed by atoms with Gasteiger partial charge < -0.3 is 21.1 Å². The number of aromatic nitrogens is 3. The first-order valence-corrected chi connectivity index (χ1v) is 12.6. The lowest BCUT2D eigenvalue weighted by Gasteiger charge is -2.31. The first-order chi connectivity index (χ1) is 18.0. The standard InChI is InChI=1S/C27H32FN7O3/c1-16(36)33-18-5-4-6-19(10-18)34-22-11-23(24-8-7-20-9-17(12-29)13-32-35(20)24)30-14-21(22)26(37)31-15-25(28)27(2,3)38/h7-9,11,13-14,18-19,25,38H,4-6,10,15H2,1-3H3,(H,30,34)(H,31,37)(H,33,36)/t18-,19+,25-/m1/s1. The van der Waals surface area contributed by atoms with Crippen LogP contribution in [0.25, 0.3) is 16.9 Å². The van der Waals surface area contributed by atoms with E-state index in [1.807, 2.05) is 12.1 Å². The Labute approximate surface area is 220 Å². The Morgan fingerprint density at radius 1 is 1.26 bits per heavy atom. The number of hydrogen-bond acceptors (Lipinski definition) is 7. The van der Waals surface area contributed by atoms with E-state index >= 15 is 0 Å². The molecule has 0 spiro atoms. The van der Waals surface area contributed by atoms with Crippen molar-refractivity contribution in [1.82, 2.24) is 25.2 Å². The minimum Gasteiger partial charge on any atom is -0.387 e. The normalized spacial score (nSPS) is 18.4. The van der Waals surface area contributed by atoms with Crippen LogP contribution in [0.5, 0.6) is 0 Å². The molecule has 0 aromatic carbocycles. The average Bonchev–Trinajstić information content (AvgIpc) is 3.29. The van der Waals surface area contributed by atoms with Gasteiger partial charge in [-0.25, -0.2) is 8.91 Å². The molecule has 2 amide bonds. The fraction of sp³-hybridized carbons (Fsp3) is 0.444. The van der Waals surface area contributed by atoms with E-state index in [4.69, 9.17) is 5.26 Å². The largest absolute Gasteiger partial charge is 0.387 e. The third-order valence-electron chi connectivity index (χ3n) is 6.69. The molecule has 3 heterocycles. The zero-order valence-corrected chi connectivity index (χ0v) is 21.7. The summed E-state index contributed by atoms with van der Waals surface area (Å²) in [5, 5.41) is 32.4. The number of aliphatic hydroxyl groups is 1. The lowest BCUT2D eigenvalue weighted by atomic mass is 9.90. The summed E-state index contributed by atoms with van der Waals surface area (Å²) in [5.74, 6) is -0.605. The Kier molecular flexibility index (Phi) is 7.92. The van der Waals surface area contributed by atoms with Gasteiger partial charge in [-0.2, -0.15) is 10.4 Å². The highest BCUT2D eigenvalue weighted by atomic mass is 19.1. The summed E-state index contributed by atoms with van der Waals surface area (Å²) in [6.45, 7) is 3.83. The van der Waals surface area contributed by atoms with Crippen LogP contribution in [0.2, 0.25) is 0 Å². The number of alkyl halides is 1. The molecule has 38 heavy (non-hydrogen) atoms. The molecule has 0 bridgehead atoms. The highest BCUT2D eigenvalue weighted by Gasteiger charge is 2.28. The molecule has 0 radical (unpaired) electrons. The summed E-state index contributed by atoms with van der Waals surface area (Å²) in [4.78, 5) is 29.2. The molecule has 1 saturated carbocycles. The number of carbonyl (C=O) groups excluding carboxylic acids is 2. The van der Waals surface area contributed by atoms with Crippen LogP contribution in [0, 0.1) is 11.3 Å². The number of rotatable bonds is 8. The number of amides is 2. The van der Waals surface area contributed by atoms with Gasteiger partial charge in [-0.15, -0.1) is 0 Å². The number of anilines is 1. The zero-order valence-electron chi connectivity index (χ0n) is 21.7. The molecule has 1 aliphatic carbocycles. The van der Waals surface area contributed by atoms with Crippen LogP contribution in [0.3, 0.4) is 0 Å². The smallest absolute Gasteiger partial charge is 0.255 e. The molecule has 3 atom stereocenters. The number of halogens is 1. The third-order valence-corrected chi connectivity index (χ3v) is 6.69. The van der Waals surface area contributed by atoms with Crippen LogP contribution in [-0.4, -0.2) is 61.9 Å². The summed E-state index contributed by atoms with van der Waals surface area (Å²) in [7, 11) is 0. The van der Waals surface area contributed by atoms with E-state index in [0.717, 1.165) is 24.8 Å². The van der Waals surface area contributed by atoms with E-state index in [9.17, 15) is 19.1 Å². The van der Waals surface area contributed by atoms with Crippen molar-refractivity contribution in [3.63, 3.8) is 0 Å². The van der Waals surface area contributed by atoms with Gasteiger partial charge in [-0.3, -0.25) is 14.6 Å². The summed E-state index contributed by atoms with van der Waals surface area (Å²) >= 11 is 0. The molecule has 0 aliphatic heterocycles. The number of pyridine rings is 1. The van der Waals surface area contributed by atoms with Gasteiger partial charge in [0.1, 0.15) is 12.2 Å². The topological polar surface area (TPSA) is 144 Å². The molecule has 1 fully saturated rings. The second-order valence-corrected chi connectivity index (χ2v) is 10.3. The first kappa shape index (κ1) is 27.0. The highest BCUT2D eigenvalue weighted by molar-refractivity contribution is 6.00. The van der Waals surface area contributed by atoms with Crippen molar-refractivity contribution in [3.05, 3.63) is 47.8 Å². The fourth-order valence-corrected chi connectivity index (χ4v) is 4.64. The molecule has 0 unspecified atom stereocenters. The lowest BCUT2D eigenvalue weighted by molar-refractivity contribution is -0.119. The van der Waals surface area contributed by atoms with Gasteiger partial charge in [0.15, 0.2) is 0 Å². The minimum absolute atomic E-state index is 0.00642. The van der Waals surface area contributed by atoms with E-state index in [-0.39, 0.29) is 30.1 Å². The second-order valence-electron chi connectivity index (χ2n) is 10.3. The van der Waals surface area contributed by atoms with Gasteiger partial charge in [-0.05, 0) is 63.8 Å². The number of fused-ring (bicyclic) bond motifs is 1. The second kappa shape index (κ2) is 11.1. The van der Waals surface area contributed by atoms with Crippen LogP contribution in [0.1, 0.15) is 62.4 Å². The number of nitriles is 1. The maximum absolute atomic E-state index is 14.3. The SMILES string of the molecule is CC(=O)N[C@@H]1CCC[C@H](Nc2cc(-c3ccc4cc(C#N)cnn34)ncc2C(=O)NC[C@@H](F)C(C)(C)O)C1. The lowest BCUT2D eigenvalue weighted by Crippen LogP contribution is -2.42. The quantitative estimate of drug-likeness (QED) is 0.357. The van der Waals surface area contributed by atoms with Crippen molar-refractivity contribution in [2.75, 3.05) is 11.9 Å². The van der Waals surface area contributed by atoms with Crippen molar-refractivity contribution < 1.29 is 19.1 Å². The van der Waals surface area contributed by atoms with E-state index in [1.165, 1.54) is 33.2 Å². The van der Waals surface area contributed by atoms with E-state index in [2.05, 4.69) is 32.1 Å². The van der Waals surface area contributed by atoms with Crippen LogP contribution in [-0.2, 0) is 4.79 Å². The Bertz CT molecular complexity index is 1380. The van der Waals surface area contributed by atoms with E-state index in [1.54, 1.807) is 16.6 Å². The van der Waals surface area contributed by atoms with Crippen molar-refractivity contribution >= 4 is 23.0 Å². The van der Waals surface area contributed by atoms with Gasteiger partial charge in [0.2, 0.25) is 5.91 Å². The molecular weight excluding hydrogens is 489 g/mol. The van der Waals surface area contributed by atoms with Crippen LogP contribution in [0.4, 0.5) is 10.1 Å². The Morgan fingerprint density at radius 3 is 2.74 bits per heavy atom. The van der Waals surface area contributed by atoms with E-state index < -0.39 is 17.7 Å². The highest BCUT2D eigenvalue weighted by Crippen LogP contribution is 2.29. The van der Waals surface area contributed by atoms with Crippen LogP contribution >= 0.6 is 0 Å². The molecule has 200 valence electrons. The minimum atomic E-state index is -1.65. The van der Waals surface area contributed by atoms with Crippen molar-refractivity contribution in [2.45, 2.75) is 70.3 Å². The van der Waals surface area contributed by atoms with E-state index in [0.29, 0.717) is 29.1 Å². The first-order valence-electron chi connectivity index (χ1n) is 12.6. The maximum atomic E-state index is 14.3. The van der Waals surface area contributed by atoms with Crippen molar-refractivity contribution in [3.8, 4) is 17.5 Å². The fourth-order valence-electron chi connectivity index (χ4n) is 4.64. The number of nitrogens with one attached hydrogen (secondary N) is 3. The van der Waals surface area contributed by atoms with Gasteiger partial charge >= 0.3 is 0 Å². The molecule has 3 aromatic heterocycles. The van der Waals surface area contributed by atoms with Crippen molar-refractivity contribution in [1.29, 1.82) is 5.26 Å². The molecule has 10 nitrogen and oxygen atoms in total. The number of nitrogens with zero attached hydrogens (tertiary/aromatic N) is 4. The Balaban J connectivity index is 1.65. The molecule has 1 aliphatic rings. The summed E-state index contributed by atoms with van der Waals surface area (Å²) in [6, 6.07) is 9.23. The van der Waals surface area contributed by atoms with Gasteiger partial charge in [0.25, 0.3) is 5.91 Å². The van der Waals surface area contributed by atoms with Crippen LogP contribution < -0.4 is 16.0 Å². The zero-order chi connectivity index (χ0) is 27.4.